The fraction of sp³-hybridized carbons (Fsp3) is 1.00. The molecule has 0 radical (unpaired) electrons. The molecule has 50 valence electrons. The number of hydrogen-bond donors (Lipinski definition) is 3. The second-order valence-corrected chi connectivity index (χ2v) is 2.45. The van der Waals surface area contributed by atoms with Gasteiger partial charge in [0.25, 0.3) is 0 Å². The van der Waals surface area contributed by atoms with Gasteiger partial charge in [0.1, 0.15) is 0 Å². The van der Waals surface area contributed by atoms with Gasteiger partial charge in [0.2, 0.25) is 0 Å². The molecular weight excluding hydrogens is 221 g/mol. The fourth-order valence-corrected chi connectivity index (χ4v) is 0.889. The van der Waals surface area contributed by atoms with Crippen LogP contribution < -0.4 is 5.73 Å². The Morgan fingerprint density at radius 2 is 2.12 bits per heavy atom. The van der Waals surface area contributed by atoms with Gasteiger partial charge in [-0.1, -0.05) is 22.6 Å². The van der Waals surface area contributed by atoms with E-state index in [1.807, 2.05) is 22.6 Å². The first-order chi connectivity index (χ1) is 3.72. The van der Waals surface area contributed by atoms with E-state index in [4.69, 9.17) is 15.9 Å². The largest absolute Gasteiger partial charge is 0.395 e. The lowest BCUT2D eigenvalue weighted by Crippen LogP contribution is -2.38. The van der Waals surface area contributed by atoms with Crippen LogP contribution in [-0.2, 0) is 0 Å². The average Bonchev–Trinajstić information content (AvgIpc) is 1.84. The predicted octanol–water partition coefficient (Wildman–Crippen LogP) is -0.898. The number of aliphatic hydroxyl groups excluding tert-OH is 2. The Labute approximate surface area is 62.0 Å². The molecule has 0 amide bonds. The van der Waals surface area contributed by atoms with Crippen molar-refractivity contribution in [3.05, 3.63) is 0 Å². The Bertz CT molecular complexity index is 54.0. The molecule has 0 saturated carbocycles. The normalized spacial score (nSPS) is 18.0. The molecule has 0 saturated heterocycles. The maximum Gasteiger partial charge on any atom is 0.0802 e. The summed E-state index contributed by atoms with van der Waals surface area (Å²) in [5.74, 6) is 0. The molecule has 0 fully saturated rings. The molecule has 2 unspecified atom stereocenters. The second-order valence-electron chi connectivity index (χ2n) is 1.57. The standard InChI is InChI=1S/C4H10INO2/c5-1-4(8)3(6)2-7/h3-4,7-8H,1-2,6H2. The summed E-state index contributed by atoms with van der Waals surface area (Å²) in [4.78, 5) is 0. The zero-order valence-electron chi connectivity index (χ0n) is 4.42. The quantitative estimate of drug-likeness (QED) is 0.435. The van der Waals surface area contributed by atoms with Gasteiger partial charge in [-0.2, -0.15) is 0 Å². The first-order valence-electron chi connectivity index (χ1n) is 2.32. The van der Waals surface area contributed by atoms with E-state index in [1.165, 1.54) is 0 Å². The number of alkyl halides is 1. The minimum atomic E-state index is -0.569. The number of halogens is 1. The summed E-state index contributed by atoms with van der Waals surface area (Å²) < 4.78 is 0.569. The van der Waals surface area contributed by atoms with Crippen molar-refractivity contribution < 1.29 is 10.2 Å². The topological polar surface area (TPSA) is 66.5 Å². The highest BCUT2D eigenvalue weighted by atomic mass is 127. The van der Waals surface area contributed by atoms with Crippen molar-refractivity contribution in [2.24, 2.45) is 5.73 Å². The SMILES string of the molecule is NC(CO)C(O)CI. The lowest BCUT2D eigenvalue weighted by atomic mass is 10.2. The van der Waals surface area contributed by atoms with Gasteiger partial charge in [-0.15, -0.1) is 0 Å². The second kappa shape index (κ2) is 4.49. The van der Waals surface area contributed by atoms with Gasteiger partial charge < -0.3 is 15.9 Å². The van der Waals surface area contributed by atoms with Crippen LogP contribution in [0, 0.1) is 0 Å². The molecule has 4 N–H and O–H groups in total. The van der Waals surface area contributed by atoms with Crippen molar-refractivity contribution in [3.8, 4) is 0 Å². The highest BCUT2D eigenvalue weighted by Gasteiger charge is 2.10. The molecule has 0 aromatic heterocycles. The van der Waals surface area contributed by atoms with Crippen LogP contribution in [0.3, 0.4) is 0 Å². The Balaban J connectivity index is 3.29. The summed E-state index contributed by atoms with van der Waals surface area (Å²) in [7, 11) is 0. The first-order valence-corrected chi connectivity index (χ1v) is 3.85. The molecule has 0 heterocycles. The van der Waals surface area contributed by atoms with E-state index in [0.717, 1.165) is 0 Å². The highest BCUT2D eigenvalue weighted by molar-refractivity contribution is 14.1. The summed E-state index contributed by atoms with van der Waals surface area (Å²) in [5.41, 5.74) is 5.22. The monoisotopic (exact) mass is 231 g/mol. The van der Waals surface area contributed by atoms with E-state index in [-0.39, 0.29) is 6.61 Å². The van der Waals surface area contributed by atoms with Gasteiger partial charge >= 0.3 is 0 Å². The third-order valence-electron chi connectivity index (χ3n) is 0.863. The van der Waals surface area contributed by atoms with E-state index in [1.54, 1.807) is 0 Å². The smallest absolute Gasteiger partial charge is 0.0802 e. The zero-order chi connectivity index (χ0) is 6.57. The van der Waals surface area contributed by atoms with Crippen LogP contribution in [-0.4, -0.2) is 33.4 Å². The van der Waals surface area contributed by atoms with Crippen molar-refractivity contribution >= 4 is 22.6 Å². The zero-order valence-corrected chi connectivity index (χ0v) is 6.58. The molecule has 3 nitrogen and oxygen atoms in total. The van der Waals surface area contributed by atoms with Crippen molar-refractivity contribution in [1.82, 2.24) is 0 Å². The molecule has 0 aliphatic heterocycles. The van der Waals surface area contributed by atoms with Gasteiger partial charge in [0.15, 0.2) is 0 Å². The Morgan fingerprint density at radius 3 is 2.25 bits per heavy atom. The van der Waals surface area contributed by atoms with E-state index in [9.17, 15) is 0 Å². The number of hydrogen-bond acceptors (Lipinski definition) is 3. The molecule has 2 atom stereocenters. The maximum absolute atomic E-state index is 8.83. The van der Waals surface area contributed by atoms with E-state index in [2.05, 4.69) is 0 Å². The fourth-order valence-electron chi connectivity index (χ4n) is 0.236. The van der Waals surface area contributed by atoms with Crippen LogP contribution in [0.15, 0.2) is 0 Å². The van der Waals surface area contributed by atoms with Crippen LogP contribution in [0.25, 0.3) is 0 Å². The summed E-state index contributed by atoms with van der Waals surface area (Å²) >= 11 is 2.01. The van der Waals surface area contributed by atoms with Crippen LogP contribution in [0.4, 0.5) is 0 Å². The minimum absolute atomic E-state index is 0.149. The van der Waals surface area contributed by atoms with Gasteiger partial charge in [0.05, 0.1) is 18.8 Å². The number of nitrogens with two attached hydrogens (primary N) is 1. The molecule has 0 aliphatic carbocycles. The third-order valence-corrected chi connectivity index (χ3v) is 1.77. The third kappa shape index (κ3) is 2.81. The van der Waals surface area contributed by atoms with Gasteiger partial charge in [-0.3, -0.25) is 0 Å². The van der Waals surface area contributed by atoms with Gasteiger partial charge in [-0.25, -0.2) is 0 Å². The lowest BCUT2D eigenvalue weighted by Gasteiger charge is -2.12. The summed E-state index contributed by atoms with van der Waals surface area (Å²) in [6.07, 6.45) is -0.569. The average molecular weight is 231 g/mol. The molecular formula is C4H10INO2. The van der Waals surface area contributed by atoms with Crippen LogP contribution in [0.1, 0.15) is 0 Å². The Hall–Kier alpha value is 0.610. The van der Waals surface area contributed by atoms with Crippen LogP contribution in [0.5, 0.6) is 0 Å². The molecule has 0 rings (SSSR count). The van der Waals surface area contributed by atoms with Crippen molar-refractivity contribution in [1.29, 1.82) is 0 Å². The number of aliphatic hydroxyl groups is 2. The van der Waals surface area contributed by atoms with Gasteiger partial charge in [0, 0.05) is 4.43 Å². The van der Waals surface area contributed by atoms with E-state index < -0.39 is 12.1 Å². The number of rotatable bonds is 3. The van der Waals surface area contributed by atoms with Crippen molar-refractivity contribution in [2.45, 2.75) is 12.1 Å². The molecule has 0 spiro atoms. The molecule has 0 aromatic rings. The molecule has 0 bridgehead atoms. The Kier molecular flexibility index (Phi) is 4.83. The van der Waals surface area contributed by atoms with E-state index >= 15 is 0 Å². The van der Waals surface area contributed by atoms with Crippen LogP contribution in [0.2, 0.25) is 0 Å². The maximum atomic E-state index is 8.83. The highest BCUT2D eigenvalue weighted by Crippen LogP contribution is 1.93. The molecule has 8 heavy (non-hydrogen) atoms. The van der Waals surface area contributed by atoms with Crippen molar-refractivity contribution in [2.75, 3.05) is 11.0 Å². The van der Waals surface area contributed by atoms with Gasteiger partial charge in [-0.05, 0) is 0 Å². The van der Waals surface area contributed by atoms with E-state index in [0.29, 0.717) is 4.43 Å². The first kappa shape index (κ1) is 8.61. The molecule has 0 aromatic carbocycles. The summed E-state index contributed by atoms with van der Waals surface area (Å²) in [5, 5.41) is 17.2. The van der Waals surface area contributed by atoms with Crippen LogP contribution >= 0.6 is 22.6 Å². The Morgan fingerprint density at radius 1 is 1.62 bits per heavy atom. The lowest BCUT2D eigenvalue weighted by molar-refractivity contribution is 0.129. The summed E-state index contributed by atoms with van der Waals surface area (Å²) in [6.45, 7) is -0.149. The summed E-state index contributed by atoms with van der Waals surface area (Å²) in [6, 6.07) is -0.480. The van der Waals surface area contributed by atoms with Crippen molar-refractivity contribution in [3.63, 3.8) is 0 Å². The molecule has 0 aliphatic rings. The minimum Gasteiger partial charge on any atom is -0.395 e. The molecule has 4 heteroatoms. The predicted molar refractivity (Wildman–Crippen MR) is 40.0 cm³/mol.